The summed E-state index contributed by atoms with van der Waals surface area (Å²) in [6.45, 7) is 7.63. The highest BCUT2D eigenvalue weighted by Crippen LogP contribution is 2.38. The molecule has 32 heavy (non-hydrogen) atoms. The molecule has 0 radical (unpaired) electrons. The van der Waals surface area contributed by atoms with Gasteiger partial charge in [0.05, 0.1) is 5.70 Å². The average molecular weight is 446 g/mol. The molecule has 2 aromatic rings. The summed E-state index contributed by atoms with van der Waals surface area (Å²) in [7, 11) is 2.94. The highest BCUT2D eigenvalue weighted by molar-refractivity contribution is 7.18. The summed E-state index contributed by atoms with van der Waals surface area (Å²) in [5.74, 6) is 0.0485. The molecule has 1 aliphatic carbocycles. The molecule has 3 saturated heterocycles. The minimum atomic E-state index is 0.00250. The third-order valence-corrected chi connectivity index (χ3v) is 6.90. The van der Waals surface area contributed by atoms with Crippen LogP contribution in [0.3, 0.4) is 0 Å². The predicted octanol–water partition coefficient (Wildman–Crippen LogP) is 3.01. The number of benzene rings is 2. The van der Waals surface area contributed by atoms with E-state index in [-0.39, 0.29) is 16.7 Å². The van der Waals surface area contributed by atoms with Crippen molar-refractivity contribution in [1.82, 2.24) is 14.7 Å². The van der Waals surface area contributed by atoms with E-state index in [1.807, 2.05) is 14.7 Å². The highest BCUT2D eigenvalue weighted by atomic mass is 31.0. The third-order valence-electron chi connectivity index (χ3n) is 6.23. The van der Waals surface area contributed by atoms with Crippen LogP contribution >= 0.6 is 9.24 Å². The Kier molecular flexibility index (Phi) is 5.38. The van der Waals surface area contributed by atoms with Crippen LogP contribution in [0.25, 0.3) is 0 Å². The van der Waals surface area contributed by atoms with E-state index in [0.29, 0.717) is 17.1 Å². The van der Waals surface area contributed by atoms with Gasteiger partial charge in [0.2, 0.25) is 11.6 Å². The van der Waals surface area contributed by atoms with E-state index in [1.54, 1.807) is 0 Å². The van der Waals surface area contributed by atoms with Gasteiger partial charge in [-0.25, -0.2) is 0 Å². The molecule has 0 aromatic heterocycles. The van der Waals surface area contributed by atoms with E-state index in [2.05, 4.69) is 76.8 Å². The first-order valence-corrected chi connectivity index (χ1v) is 11.7. The maximum absolute atomic E-state index is 12.4. The largest absolute Gasteiger partial charge is 0.365 e. The zero-order chi connectivity index (χ0) is 22.3. The minimum absolute atomic E-state index is 0.00250. The minimum Gasteiger partial charge on any atom is -0.365 e. The van der Waals surface area contributed by atoms with Crippen molar-refractivity contribution in [3.63, 3.8) is 0 Å². The van der Waals surface area contributed by atoms with Crippen LogP contribution in [0.5, 0.6) is 0 Å². The summed E-state index contributed by atoms with van der Waals surface area (Å²) < 4.78 is 0. The van der Waals surface area contributed by atoms with Gasteiger partial charge in [-0.1, -0.05) is 60.7 Å². The molecule has 5 nitrogen and oxygen atoms in total. The van der Waals surface area contributed by atoms with Gasteiger partial charge in [-0.05, 0) is 18.1 Å². The Morgan fingerprint density at radius 2 is 1.12 bits per heavy atom. The van der Waals surface area contributed by atoms with Crippen molar-refractivity contribution < 1.29 is 9.59 Å². The maximum atomic E-state index is 12.4. The van der Waals surface area contributed by atoms with E-state index in [9.17, 15) is 9.59 Å². The van der Waals surface area contributed by atoms with Gasteiger partial charge in [0.25, 0.3) is 0 Å². The zero-order valence-electron chi connectivity index (χ0n) is 18.3. The lowest BCUT2D eigenvalue weighted by atomic mass is 9.92. The van der Waals surface area contributed by atoms with Crippen molar-refractivity contribution >= 4 is 20.8 Å². The lowest BCUT2D eigenvalue weighted by Gasteiger charge is -2.25. The quantitative estimate of drug-likeness (QED) is 0.402. The van der Waals surface area contributed by atoms with Crippen LogP contribution in [0, 0.1) is 0 Å². The fourth-order valence-electron chi connectivity index (χ4n) is 4.01. The molecule has 0 spiro atoms. The lowest BCUT2D eigenvalue weighted by molar-refractivity contribution is -0.117. The first-order valence-electron chi connectivity index (χ1n) is 11.2. The van der Waals surface area contributed by atoms with Gasteiger partial charge < -0.3 is 14.7 Å². The van der Waals surface area contributed by atoms with Crippen molar-refractivity contribution in [2.45, 2.75) is 12.1 Å². The number of allylic oxidation sites excluding steroid dienone is 1. The van der Waals surface area contributed by atoms with E-state index in [1.165, 1.54) is 17.2 Å². The molecule has 4 aliphatic rings. The molecule has 0 saturated carbocycles. The van der Waals surface area contributed by atoms with Crippen LogP contribution in [0.2, 0.25) is 0 Å². The smallest absolute Gasteiger partial charge is 0.227 e. The first-order chi connectivity index (χ1) is 15.5. The third kappa shape index (κ3) is 4.22. The van der Waals surface area contributed by atoms with Gasteiger partial charge in [0.1, 0.15) is 11.4 Å². The Morgan fingerprint density at radius 1 is 0.688 bits per heavy atom. The molecule has 1 atom stereocenters. The van der Waals surface area contributed by atoms with Gasteiger partial charge in [-0.3, -0.25) is 9.59 Å². The molecule has 0 amide bonds. The zero-order valence-corrected chi connectivity index (χ0v) is 19.5. The number of Topliss-reactive ketones (excluding diaryl/α,β-unsaturated/α-hetero) is 1. The molecular formula is C26H28N3O2P. The number of ketones is 2. The highest BCUT2D eigenvalue weighted by Gasteiger charge is 2.43. The lowest BCUT2D eigenvalue weighted by Crippen LogP contribution is -2.29. The molecule has 2 aromatic carbocycles. The van der Waals surface area contributed by atoms with Crippen LogP contribution < -0.4 is 0 Å². The summed E-state index contributed by atoms with van der Waals surface area (Å²) in [6, 6.07) is 21.1. The number of nitrogens with zero attached hydrogens (tertiary/aromatic N) is 3. The monoisotopic (exact) mass is 445 g/mol. The van der Waals surface area contributed by atoms with E-state index < -0.39 is 0 Å². The fourth-order valence-corrected chi connectivity index (χ4v) is 4.40. The summed E-state index contributed by atoms with van der Waals surface area (Å²) in [5.41, 5.74) is 4.53. The molecule has 0 bridgehead atoms. The van der Waals surface area contributed by atoms with Gasteiger partial charge in [-0.2, -0.15) is 0 Å². The van der Waals surface area contributed by atoms with E-state index in [0.717, 1.165) is 39.3 Å². The number of carbonyl (C=O) groups is 2. The molecule has 3 heterocycles. The number of hydrogen-bond acceptors (Lipinski definition) is 5. The first kappa shape index (κ1) is 21.0. The second-order valence-corrected chi connectivity index (χ2v) is 9.97. The number of hydrogen-bond donors (Lipinski definition) is 0. The molecule has 0 N–H and O–H groups in total. The number of rotatable bonds is 5. The summed E-state index contributed by atoms with van der Waals surface area (Å²) in [6.07, 6.45) is 1.52. The Hall–Kier alpha value is -2.91. The second-order valence-electron chi connectivity index (χ2n) is 8.82. The SMILES string of the molecule is CC(P)(c1ccccc1)c1ccccc1.O=C1C=C(N2CC2)C(=O)C(N2CC2)=C1N1CC1. The van der Waals surface area contributed by atoms with E-state index in [4.69, 9.17) is 0 Å². The predicted molar refractivity (Wildman–Crippen MR) is 129 cm³/mol. The van der Waals surface area contributed by atoms with Crippen molar-refractivity contribution in [3.05, 3.63) is 95.0 Å². The van der Waals surface area contributed by atoms with Gasteiger partial charge in [0, 0.05) is 50.5 Å². The summed E-state index contributed by atoms with van der Waals surface area (Å²) >= 11 is 0. The summed E-state index contributed by atoms with van der Waals surface area (Å²) in [5, 5.41) is 0.00250. The van der Waals surface area contributed by atoms with Gasteiger partial charge in [-0.15, -0.1) is 9.24 Å². The Labute approximate surface area is 191 Å². The maximum Gasteiger partial charge on any atom is 0.227 e. The van der Waals surface area contributed by atoms with Crippen molar-refractivity contribution in [3.8, 4) is 0 Å². The van der Waals surface area contributed by atoms with Crippen LogP contribution in [-0.4, -0.2) is 65.5 Å². The molecule has 1 unspecified atom stereocenters. The normalized spacial score (nSPS) is 19.4. The van der Waals surface area contributed by atoms with Crippen molar-refractivity contribution in [2.75, 3.05) is 39.3 Å². The molecule has 3 fully saturated rings. The van der Waals surface area contributed by atoms with Gasteiger partial charge in [0.15, 0.2) is 0 Å². The van der Waals surface area contributed by atoms with Crippen molar-refractivity contribution in [2.24, 2.45) is 0 Å². The Morgan fingerprint density at radius 3 is 1.56 bits per heavy atom. The molecule has 6 rings (SSSR count). The van der Waals surface area contributed by atoms with Crippen molar-refractivity contribution in [1.29, 1.82) is 0 Å². The Bertz CT molecular complexity index is 1050. The van der Waals surface area contributed by atoms with Crippen LogP contribution in [0.4, 0.5) is 0 Å². The average Bonchev–Trinajstić information content (AvgIpc) is 3.65. The molecule has 164 valence electrons. The van der Waals surface area contributed by atoms with Gasteiger partial charge >= 0.3 is 0 Å². The van der Waals surface area contributed by atoms with Crippen LogP contribution in [0.15, 0.2) is 83.8 Å². The molecular weight excluding hydrogens is 417 g/mol. The Balaban J connectivity index is 0.000000136. The standard InChI is InChI=1S/C14H15P.C12H13N3O2/c1-14(15,12-8-4-2-5-9-12)13-10-6-3-7-11-13;16-9-7-8(13-1-2-13)12(17)11(15-5-6-15)10(9)14-3-4-14/h2-11H,15H2,1H3;7H,1-6H2. The van der Waals surface area contributed by atoms with E-state index >= 15 is 0 Å². The van der Waals surface area contributed by atoms with Crippen LogP contribution in [0.1, 0.15) is 18.1 Å². The number of carbonyl (C=O) groups excluding carboxylic acids is 2. The topological polar surface area (TPSA) is 43.2 Å². The fraction of sp³-hybridized carbons (Fsp3) is 0.308. The molecule has 6 heteroatoms. The summed E-state index contributed by atoms with van der Waals surface area (Å²) in [4.78, 5) is 30.5. The van der Waals surface area contributed by atoms with Crippen LogP contribution in [-0.2, 0) is 14.7 Å². The molecule has 3 aliphatic heterocycles. The second kappa shape index (κ2) is 8.22.